The zero-order chi connectivity index (χ0) is 14.3. The Morgan fingerprint density at radius 1 is 1.37 bits per heavy atom. The van der Waals surface area contributed by atoms with E-state index in [1.165, 1.54) is 0 Å². The molecule has 1 amide bonds. The minimum absolute atomic E-state index is 0.0597. The van der Waals surface area contributed by atoms with Crippen LogP contribution in [0.2, 0.25) is 0 Å². The Bertz CT molecular complexity index is 410. The van der Waals surface area contributed by atoms with E-state index in [1.807, 2.05) is 31.2 Å². The molecule has 2 N–H and O–H groups in total. The highest BCUT2D eigenvalue weighted by molar-refractivity contribution is 5.75. The largest absolute Gasteiger partial charge is 0.493 e. The Balaban J connectivity index is 2.17. The van der Waals surface area contributed by atoms with E-state index < -0.39 is 5.60 Å². The number of hydrogen-bond acceptors (Lipinski definition) is 3. The quantitative estimate of drug-likeness (QED) is 0.742. The number of amides is 1. The Kier molecular flexibility index (Phi) is 5.83. The second-order valence-corrected chi connectivity index (χ2v) is 5.31. The molecule has 106 valence electrons. The highest BCUT2D eigenvalue weighted by atomic mass is 16.5. The minimum Gasteiger partial charge on any atom is -0.493 e. The summed E-state index contributed by atoms with van der Waals surface area (Å²) in [6.45, 7) is 6.10. The molecule has 0 aliphatic heterocycles. The monoisotopic (exact) mass is 265 g/mol. The van der Waals surface area contributed by atoms with Gasteiger partial charge in [-0.15, -0.1) is 0 Å². The van der Waals surface area contributed by atoms with E-state index in [1.54, 1.807) is 13.8 Å². The molecule has 4 heteroatoms. The van der Waals surface area contributed by atoms with Crippen molar-refractivity contribution in [2.75, 3.05) is 13.2 Å². The molecule has 0 bridgehead atoms. The Morgan fingerprint density at radius 2 is 2.05 bits per heavy atom. The first-order valence-electron chi connectivity index (χ1n) is 6.56. The molecule has 0 atom stereocenters. The molecule has 0 aromatic heterocycles. The first-order valence-corrected chi connectivity index (χ1v) is 6.56. The highest BCUT2D eigenvalue weighted by Gasteiger charge is 2.13. The molecule has 0 aliphatic carbocycles. The van der Waals surface area contributed by atoms with Crippen LogP contribution in [-0.4, -0.2) is 29.8 Å². The lowest BCUT2D eigenvalue weighted by Crippen LogP contribution is -2.38. The van der Waals surface area contributed by atoms with Crippen LogP contribution in [0.1, 0.15) is 32.3 Å². The summed E-state index contributed by atoms with van der Waals surface area (Å²) in [5.41, 5.74) is 0.224. The van der Waals surface area contributed by atoms with Gasteiger partial charge in [0.05, 0.1) is 12.2 Å². The van der Waals surface area contributed by atoms with Crippen LogP contribution < -0.4 is 10.1 Å². The van der Waals surface area contributed by atoms with Gasteiger partial charge < -0.3 is 15.2 Å². The van der Waals surface area contributed by atoms with Crippen molar-refractivity contribution >= 4 is 5.91 Å². The van der Waals surface area contributed by atoms with Crippen molar-refractivity contribution in [2.24, 2.45) is 0 Å². The number of rotatable bonds is 7. The topological polar surface area (TPSA) is 58.6 Å². The van der Waals surface area contributed by atoms with E-state index in [2.05, 4.69) is 5.32 Å². The molecule has 0 radical (unpaired) electrons. The standard InChI is InChI=1S/C15H23NO3/c1-12-7-4-5-8-13(12)19-10-6-9-14(17)16-11-15(2,3)18/h4-5,7-8,18H,6,9-11H2,1-3H3,(H,16,17). The fourth-order valence-electron chi connectivity index (χ4n) is 1.54. The summed E-state index contributed by atoms with van der Waals surface area (Å²) in [7, 11) is 0. The zero-order valence-corrected chi connectivity index (χ0v) is 11.9. The van der Waals surface area contributed by atoms with Gasteiger partial charge in [0, 0.05) is 13.0 Å². The van der Waals surface area contributed by atoms with E-state index in [-0.39, 0.29) is 12.5 Å². The van der Waals surface area contributed by atoms with Gasteiger partial charge in [-0.05, 0) is 38.8 Å². The molecular formula is C15H23NO3. The lowest BCUT2D eigenvalue weighted by Gasteiger charge is -2.17. The predicted octanol–water partition coefficient (Wildman–Crippen LogP) is 2.04. The smallest absolute Gasteiger partial charge is 0.220 e. The summed E-state index contributed by atoms with van der Waals surface area (Å²) in [4.78, 5) is 11.5. The van der Waals surface area contributed by atoms with Crippen LogP contribution in [0.5, 0.6) is 5.75 Å². The summed E-state index contributed by atoms with van der Waals surface area (Å²) in [6, 6.07) is 7.81. The van der Waals surface area contributed by atoms with E-state index >= 15 is 0 Å². The highest BCUT2D eigenvalue weighted by Crippen LogP contribution is 2.16. The van der Waals surface area contributed by atoms with Crippen molar-refractivity contribution in [1.82, 2.24) is 5.32 Å². The van der Waals surface area contributed by atoms with Crippen LogP contribution in [0.25, 0.3) is 0 Å². The third kappa shape index (κ3) is 6.82. The first-order chi connectivity index (χ1) is 8.88. The second-order valence-electron chi connectivity index (χ2n) is 5.31. The summed E-state index contributed by atoms with van der Waals surface area (Å²) in [5, 5.41) is 12.2. The summed E-state index contributed by atoms with van der Waals surface area (Å²) in [5.74, 6) is 0.801. The Morgan fingerprint density at radius 3 is 2.68 bits per heavy atom. The van der Waals surface area contributed by atoms with Gasteiger partial charge in [-0.25, -0.2) is 0 Å². The van der Waals surface area contributed by atoms with Gasteiger partial charge in [-0.2, -0.15) is 0 Å². The van der Waals surface area contributed by atoms with Crippen molar-refractivity contribution in [1.29, 1.82) is 0 Å². The number of ether oxygens (including phenoxy) is 1. The van der Waals surface area contributed by atoms with Gasteiger partial charge in [-0.3, -0.25) is 4.79 Å². The van der Waals surface area contributed by atoms with E-state index in [4.69, 9.17) is 4.74 Å². The van der Waals surface area contributed by atoms with Crippen LogP contribution in [0, 0.1) is 6.92 Å². The van der Waals surface area contributed by atoms with E-state index in [9.17, 15) is 9.90 Å². The van der Waals surface area contributed by atoms with Crippen LogP contribution in [0.15, 0.2) is 24.3 Å². The van der Waals surface area contributed by atoms with Crippen molar-refractivity contribution in [3.8, 4) is 5.75 Å². The molecule has 0 heterocycles. The van der Waals surface area contributed by atoms with Crippen molar-refractivity contribution in [3.63, 3.8) is 0 Å². The number of aryl methyl sites for hydroxylation is 1. The number of benzene rings is 1. The molecule has 0 spiro atoms. The molecule has 1 rings (SSSR count). The molecule has 1 aromatic rings. The third-order valence-corrected chi connectivity index (χ3v) is 2.62. The fourth-order valence-corrected chi connectivity index (χ4v) is 1.54. The maximum atomic E-state index is 11.5. The summed E-state index contributed by atoms with van der Waals surface area (Å²) in [6.07, 6.45) is 1.06. The molecule has 0 saturated heterocycles. The van der Waals surface area contributed by atoms with Gasteiger partial charge >= 0.3 is 0 Å². The van der Waals surface area contributed by atoms with Crippen LogP contribution in [0.3, 0.4) is 0 Å². The first kappa shape index (κ1) is 15.5. The maximum Gasteiger partial charge on any atom is 0.220 e. The van der Waals surface area contributed by atoms with Crippen molar-refractivity contribution in [2.45, 2.75) is 39.2 Å². The molecule has 0 saturated carbocycles. The van der Waals surface area contributed by atoms with Gasteiger partial charge in [0.1, 0.15) is 5.75 Å². The van der Waals surface area contributed by atoms with Gasteiger partial charge in [-0.1, -0.05) is 18.2 Å². The molecule has 1 aromatic carbocycles. The van der Waals surface area contributed by atoms with Crippen LogP contribution >= 0.6 is 0 Å². The molecule has 19 heavy (non-hydrogen) atoms. The minimum atomic E-state index is -0.868. The molecular weight excluding hydrogens is 242 g/mol. The lowest BCUT2D eigenvalue weighted by atomic mass is 10.1. The molecule has 0 unspecified atom stereocenters. The maximum absolute atomic E-state index is 11.5. The Hall–Kier alpha value is -1.55. The van der Waals surface area contributed by atoms with Crippen molar-refractivity contribution < 1.29 is 14.6 Å². The number of carbonyl (C=O) groups excluding carboxylic acids is 1. The van der Waals surface area contributed by atoms with Gasteiger partial charge in [0.25, 0.3) is 0 Å². The van der Waals surface area contributed by atoms with Crippen LogP contribution in [0.4, 0.5) is 0 Å². The normalized spacial score (nSPS) is 11.2. The van der Waals surface area contributed by atoms with Crippen LogP contribution in [-0.2, 0) is 4.79 Å². The molecule has 0 fully saturated rings. The number of para-hydroxylation sites is 1. The number of nitrogens with one attached hydrogen (secondary N) is 1. The SMILES string of the molecule is Cc1ccccc1OCCCC(=O)NCC(C)(C)O. The molecule has 0 aliphatic rings. The third-order valence-electron chi connectivity index (χ3n) is 2.62. The van der Waals surface area contributed by atoms with Crippen molar-refractivity contribution in [3.05, 3.63) is 29.8 Å². The zero-order valence-electron chi connectivity index (χ0n) is 11.9. The van der Waals surface area contributed by atoms with E-state index in [0.717, 1.165) is 11.3 Å². The number of aliphatic hydroxyl groups is 1. The average molecular weight is 265 g/mol. The average Bonchev–Trinajstić information content (AvgIpc) is 2.33. The number of carbonyl (C=O) groups is 1. The van der Waals surface area contributed by atoms with E-state index in [0.29, 0.717) is 19.4 Å². The second kappa shape index (κ2) is 7.14. The lowest BCUT2D eigenvalue weighted by molar-refractivity contribution is -0.122. The van der Waals surface area contributed by atoms with Gasteiger partial charge in [0.2, 0.25) is 5.91 Å². The predicted molar refractivity (Wildman–Crippen MR) is 75.2 cm³/mol. The number of hydrogen-bond donors (Lipinski definition) is 2. The van der Waals surface area contributed by atoms with Gasteiger partial charge in [0.15, 0.2) is 0 Å². The summed E-state index contributed by atoms with van der Waals surface area (Å²) >= 11 is 0. The molecule has 4 nitrogen and oxygen atoms in total. The fraction of sp³-hybridized carbons (Fsp3) is 0.533. The Labute approximate surface area is 114 Å². The summed E-state index contributed by atoms with van der Waals surface area (Å²) < 4.78 is 5.60.